The molecule has 3 heterocycles. The first-order valence-electron chi connectivity index (χ1n) is 15.5. The van der Waals surface area contributed by atoms with Crippen LogP contribution >= 0.6 is 0 Å². The summed E-state index contributed by atoms with van der Waals surface area (Å²) in [7, 11) is 11.1. The van der Waals surface area contributed by atoms with Gasteiger partial charge in [0.1, 0.15) is 44.8 Å². The van der Waals surface area contributed by atoms with Gasteiger partial charge in [-0.15, -0.1) is 16.4 Å². The van der Waals surface area contributed by atoms with Crippen molar-refractivity contribution in [1.29, 1.82) is 0 Å². The van der Waals surface area contributed by atoms with Gasteiger partial charge < -0.3 is 4.42 Å². The van der Waals surface area contributed by atoms with Crippen molar-refractivity contribution in [3.8, 4) is 17.2 Å². The van der Waals surface area contributed by atoms with E-state index in [0.717, 1.165) is 38.6 Å². The second-order valence-corrected chi connectivity index (χ2v) is 12.4. The summed E-state index contributed by atoms with van der Waals surface area (Å²) in [5.41, 5.74) is 12.0. The predicted octanol–water partition coefficient (Wildman–Crippen LogP) is 0.739. The van der Waals surface area contributed by atoms with Gasteiger partial charge in [0.25, 0.3) is 0 Å². The molecule has 0 spiro atoms. The van der Waals surface area contributed by atoms with Gasteiger partial charge in [-0.2, -0.15) is 4.98 Å². The summed E-state index contributed by atoms with van der Waals surface area (Å²) in [4.78, 5) is 10.7. The monoisotopic (exact) mass is 571 g/mol. The molecule has 0 radical (unpaired) electrons. The summed E-state index contributed by atoms with van der Waals surface area (Å²) in [6, 6.07) is 34.4. The third-order valence-electron chi connectivity index (χ3n) is 10.2. The molecule has 0 bridgehead atoms. The van der Waals surface area contributed by atoms with Gasteiger partial charge in [0, 0.05) is 16.2 Å². The SMILES string of the molecule is Bc1c(B)c(B)c(-c2nc(-n3c4cc5ccccc5cc4c4c5ccccc5ccc43)nc3oc4ccccc4c23)c(B)c1B. The molecule has 3 aromatic heterocycles. The van der Waals surface area contributed by atoms with Crippen LogP contribution in [0.2, 0.25) is 0 Å². The van der Waals surface area contributed by atoms with Gasteiger partial charge in [0.15, 0.2) is 0 Å². The summed E-state index contributed by atoms with van der Waals surface area (Å²) in [5.74, 6) is 0.608. The third kappa shape index (κ3) is 3.61. The Morgan fingerprint density at radius 3 is 1.89 bits per heavy atom. The molecule has 0 aliphatic heterocycles. The first-order chi connectivity index (χ1) is 21.9. The molecule has 0 aliphatic carbocycles. The van der Waals surface area contributed by atoms with E-state index in [1.54, 1.807) is 0 Å². The van der Waals surface area contributed by atoms with Gasteiger partial charge in [-0.05, 0) is 51.4 Å². The Hall–Kier alpha value is -5.16. The molecule has 0 atom stereocenters. The van der Waals surface area contributed by atoms with E-state index >= 15 is 0 Å². The molecule has 6 aromatic carbocycles. The Balaban J connectivity index is 1.49. The minimum absolute atomic E-state index is 0.599. The van der Waals surface area contributed by atoms with E-state index in [9.17, 15) is 0 Å². The number of benzene rings is 6. The summed E-state index contributed by atoms with van der Waals surface area (Å²) < 4.78 is 8.75. The van der Waals surface area contributed by atoms with Crippen molar-refractivity contribution in [3.05, 3.63) is 97.1 Å². The number of fused-ring (bicyclic) bond motifs is 9. The largest absolute Gasteiger partial charge is 0.437 e. The van der Waals surface area contributed by atoms with Gasteiger partial charge in [-0.1, -0.05) is 83.7 Å². The Morgan fingerprint density at radius 2 is 1.13 bits per heavy atom. The van der Waals surface area contributed by atoms with Crippen LogP contribution in [0.25, 0.3) is 82.6 Å². The maximum Gasteiger partial charge on any atom is 0.238 e. The highest BCUT2D eigenvalue weighted by Gasteiger charge is 2.24. The zero-order chi connectivity index (χ0) is 30.6. The van der Waals surface area contributed by atoms with E-state index in [0.29, 0.717) is 11.7 Å². The third-order valence-corrected chi connectivity index (χ3v) is 10.2. The first kappa shape index (κ1) is 26.3. The molecule has 9 heteroatoms. The van der Waals surface area contributed by atoms with Crippen LogP contribution in [0, 0.1) is 0 Å². The van der Waals surface area contributed by atoms with Crippen LogP contribution in [0.4, 0.5) is 0 Å². The average molecular weight is 571 g/mol. The van der Waals surface area contributed by atoms with Gasteiger partial charge in [0.2, 0.25) is 11.7 Å². The molecule has 0 fully saturated rings. The first-order valence-corrected chi connectivity index (χ1v) is 15.5. The number of hydrogen-bond acceptors (Lipinski definition) is 3. The Bertz CT molecular complexity index is 2700. The van der Waals surface area contributed by atoms with Crippen molar-refractivity contribution in [2.75, 3.05) is 0 Å². The van der Waals surface area contributed by atoms with E-state index in [1.807, 2.05) is 12.1 Å². The van der Waals surface area contributed by atoms with Crippen molar-refractivity contribution in [2.45, 2.75) is 0 Å². The Labute approximate surface area is 264 Å². The van der Waals surface area contributed by atoms with Crippen LogP contribution < -0.4 is 27.3 Å². The molecule has 4 nitrogen and oxygen atoms in total. The van der Waals surface area contributed by atoms with Crippen molar-refractivity contribution in [1.82, 2.24) is 14.5 Å². The number of rotatable bonds is 2. The van der Waals surface area contributed by atoms with Crippen LogP contribution in [0.5, 0.6) is 0 Å². The fourth-order valence-electron chi connectivity index (χ4n) is 7.44. The lowest BCUT2D eigenvalue weighted by molar-refractivity contribution is 0.651. The predicted molar refractivity (Wildman–Crippen MR) is 205 cm³/mol. The molecule has 0 amide bonds. The average Bonchev–Trinajstić information content (AvgIpc) is 3.60. The molecule has 0 aliphatic rings. The number of furan rings is 1. The van der Waals surface area contributed by atoms with E-state index in [4.69, 9.17) is 14.4 Å². The number of aromatic nitrogens is 3. The van der Waals surface area contributed by atoms with E-state index in [1.165, 1.54) is 59.6 Å². The molecule has 0 N–H and O–H groups in total. The highest BCUT2D eigenvalue weighted by molar-refractivity contribution is 6.68. The topological polar surface area (TPSA) is 43.9 Å². The van der Waals surface area contributed by atoms with Crippen molar-refractivity contribution < 1.29 is 4.42 Å². The second kappa shape index (κ2) is 9.42. The van der Waals surface area contributed by atoms with Gasteiger partial charge in [-0.3, -0.25) is 4.57 Å². The van der Waals surface area contributed by atoms with Gasteiger partial charge >= 0.3 is 0 Å². The molecule has 0 saturated carbocycles. The van der Waals surface area contributed by atoms with Crippen molar-refractivity contribution in [2.24, 2.45) is 0 Å². The van der Waals surface area contributed by atoms with Crippen LogP contribution in [0.3, 0.4) is 0 Å². The zero-order valence-electron chi connectivity index (χ0n) is 26.0. The standard InChI is InChI=1S/C36H26B5N3O/c37-29-28(30(38)32(40)33(41)31(29)39)34-27-21-11-5-6-12-25(21)45-35(27)43-36(42-34)44-23-14-13-17-7-3-4-10-20(17)26(23)22-15-18-8-1-2-9-19(18)16-24(22)44/h1-16H,37-41H2. The Kier molecular flexibility index (Phi) is 5.50. The van der Waals surface area contributed by atoms with E-state index in [2.05, 4.69) is 129 Å². The number of hydrogen-bond donors (Lipinski definition) is 0. The van der Waals surface area contributed by atoms with Crippen LogP contribution in [-0.2, 0) is 0 Å². The fourth-order valence-corrected chi connectivity index (χ4v) is 7.44. The molecule has 9 aromatic rings. The summed E-state index contributed by atoms with van der Waals surface area (Å²) in [6.45, 7) is 0. The minimum atomic E-state index is 0.599. The summed E-state index contributed by atoms with van der Waals surface area (Å²) in [6.07, 6.45) is 0. The second-order valence-electron chi connectivity index (χ2n) is 12.4. The maximum atomic E-state index is 6.52. The smallest absolute Gasteiger partial charge is 0.238 e. The summed E-state index contributed by atoms with van der Waals surface area (Å²) in [5, 5.41) is 9.20. The molecule has 206 valence electrons. The van der Waals surface area contributed by atoms with Crippen LogP contribution in [0.15, 0.2) is 101 Å². The van der Waals surface area contributed by atoms with Gasteiger partial charge in [0.05, 0.1) is 22.1 Å². The Morgan fingerprint density at radius 1 is 0.511 bits per heavy atom. The summed E-state index contributed by atoms with van der Waals surface area (Å²) >= 11 is 0. The molecule has 45 heavy (non-hydrogen) atoms. The molecule has 9 rings (SSSR count). The maximum absolute atomic E-state index is 6.52. The lowest BCUT2D eigenvalue weighted by Gasteiger charge is -2.20. The molecular weight excluding hydrogens is 544 g/mol. The van der Waals surface area contributed by atoms with Crippen molar-refractivity contribution >= 4 is 132 Å². The minimum Gasteiger partial charge on any atom is -0.437 e. The van der Waals surface area contributed by atoms with E-state index < -0.39 is 0 Å². The lowest BCUT2D eigenvalue weighted by atomic mass is 9.60. The number of para-hydroxylation sites is 1. The quantitative estimate of drug-likeness (QED) is 0.288. The van der Waals surface area contributed by atoms with Crippen LogP contribution in [-0.4, -0.2) is 53.8 Å². The highest BCUT2D eigenvalue weighted by Crippen LogP contribution is 2.40. The lowest BCUT2D eigenvalue weighted by Crippen LogP contribution is -2.55. The van der Waals surface area contributed by atoms with Crippen molar-refractivity contribution in [3.63, 3.8) is 0 Å². The molecule has 0 saturated heterocycles. The number of nitrogens with zero attached hydrogens (tertiary/aromatic N) is 3. The molecule has 0 unspecified atom stereocenters. The van der Waals surface area contributed by atoms with Gasteiger partial charge in [-0.25, -0.2) is 4.98 Å². The fraction of sp³-hybridized carbons (Fsp3) is 0. The highest BCUT2D eigenvalue weighted by atomic mass is 16.3. The molecular formula is C36H26B5N3O. The zero-order valence-corrected chi connectivity index (χ0v) is 26.0. The normalized spacial score (nSPS) is 12.0. The van der Waals surface area contributed by atoms with E-state index in [-0.39, 0.29) is 0 Å². The van der Waals surface area contributed by atoms with Crippen LogP contribution in [0.1, 0.15) is 0 Å².